The highest BCUT2D eigenvalue weighted by Crippen LogP contribution is 2.26. The summed E-state index contributed by atoms with van der Waals surface area (Å²) in [5.41, 5.74) is 0. The molecule has 1 saturated heterocycles. The molecule has 0 radical (unpaired) electrons. The van der Waals surface area contributed by atoms with Gasteiger partial charge < -0.3 is 4.74 Å². The first-order valence-corrected chi connectivity index (χ1v) is 6.90. The van der Waals surface area contributed by atoms with E-state index in [4.69, 9.17) is 4.74 Å². The molecule has 2 aliphatic rings. The second kappa shape index (κ2) is 5.47. The average molecular weight is 262 g/mol. The molecule has 2 rings (SSSR count). The van der Waals surface area contributed by atoms with Gasteiger partial charge in [0, 0.05) is 24.5 Å². The van der Waals surface area contributed by atoms with E-state index in [1.165, 1.54) is 32.2 Å². The van der Waals surface area contributed by atoms with Gasteiger partial charge >= 0.3 is 0 Å². The van der Waals surface area contributed by atoms with E-state index in [2.05, 4.69) is 20.8 Å². The number of hydrogen-bond donors (Lipinski definition) is 0. The summed E-state index contributed by atoms with van der Waals surface area (Å²) in [7, 11) is 0. The Balaban J connectivity index is 1.81. The lowest BCUT2D eigenvalue weighted by molar-refractivity contribution is -0.00463. The lowest BCUT2D eigenvalue weighted by Crippen LogP contribution is -2.48. The van der Waals surface area contributed by atoms with Gasteiger partial charge in [0.15, 0.2) is 0 Å². The third-order valence-corrected chi connectivity index (χ3v) is 4.24. The van der Waals surface area contributed by atoms with E-state index in [0.29, 0.717) is 6.04 Å². The largest absolute Gasteiger partial charge is 0.378 e. The molecule has 1 atom stereocenters. The highest BCUT2D eigenvalue weighted by atomic mass is 79.9. The molecule has 1 unspecified atom stereocenters. The third kappa shape index (κ3) is 2.71. The van der Waals surface area contributed by atoms with Crippen LogP contribution in [-0.2, 0) is 4.74 Å². The van der Waals surface area contributed by atoms with Crippen LogP contribution in [0.1, 0.15) is 25.7 Å². The highest BCUT2D eigenvalue weighted by Gasteiger charge is 2.25. The van der Waals surface area contributed by atoms with Gasteiger partial charge in [-0.15, -0.1) is 0 Å². The number of nitrogens with zero attached hydrogens (tertiary/aromatic N) is 1. The second-order valence-electron chi connectivity index (χ2n) is 4.53. The Labute approximate surface area is 95.1 Å². The number of hydrogen-bond acceptors (Lipinski definition) is 2. The van der Waals surface area contributed by atoms with Crippen LogP contribution in [0, 0.1) is 5.92 Å². The zero-order valence-electron chi connectivity index (χ0n) is 8.75. The molecular formula is C11H20BrNO. The summed E-state index contributed by atoms with van der Waals surface area (Å²) in [5, 5.41) is 1.06. The molecule has 0 aromatic heterocycles. The van der Waals surface area contributed by atoms with E-state index in [-0.39, 0.29) is 0 Å². The number of alkyl halides is 1. The average Bonchev–Trinajstić information content (AvgIpc) is 2.71. The van der Waals surface area contributed by atoms with Gasteiger partial charge in [-0.05, 0) is 18.8 Å². The molecule has 0 N–H and O–H groups in total. The standard InChI is InChI=1S/C11H20BrNO/c12-7-11-9-14-6-5-13(11)8-10-3-1-2-4-10/h10-11H,1-9H2. The highest BCUT2D eigenvalue weighted by molar-refractivity contribution is 9.09. The van der Waals surface area contributed by atoms with Crippen molar-refractivity contribution in [3.63, 3.8) is 0 Å². The summed E-state index contributed by atoms with van der Waals surface area (Å²) in [5.74, 6) is 0.967. The molecule has 2 fully saturated rings. The van der Waals surface area contributed by atoms with Gasteiger partial charge in [-0.3, -0.25) is 4.90 Å². The van der Waals surface area contributed by atoms with Gasteiger partial charge in [0.1, 0.15) is 0 Å². The Kier molecular flexibility index (Phi) is 4.26. The quantitative estimate of drug-likeness (QED) is 0.723. The van der Waals surface area contributed by atoms with Gasteiger partial charge in [-0.25, -0.2) is 0 Å². The maximum absolute atomic E-state index is 5.50. The van der Waals surface area contributed by atoms with Crippen LogP contribution < -0.4 is 0 Å². The Morgan fingerprint density at radius 1 is 1.29 bits per heavy atom. The number of ether oxygens (including phenoxy) is 1. The molecular weight excluding hydrogens is 242 g/mol. The van der Waals surface area contributed by atoms with Crippen molar-refractivity contribution in [3.8, 4) is 0 Å². The molecule has 14 heavy (non-hydrogen) atoms. The summed E-state index contributed by atoms with van der Waals surface area (Å²) in [6.45, 7) is 4.28. The summed E-state index contributed by atoms with van der Waals surface area (Å²) in [6.07, 6.45) is 5.81. The van der Waals surface area contributed by atoms with Crippen LogP contribution >= 0.6 is 15.9 Å². The summed E-state index contributed by atoms with van der Waals surface area (Å²) < 4.78 is 5.50. The van der Waals surface area contributed by atoms with Gasteiger partial charge in [-0.1, -0.05) is 28.8 Å². The van der Waals surface area contributed by atoms with E-state index in [0.717, 1.165) is 31.0 Å². The number of rotatable bonds is 3. The molecule has 3 heteroatoms. The van der Waals surface area contributed by atoms with Crippen molar-refractivity contribution >= 4 is 15.9 Å². The van der Waals surface area contributed by atoms with Crippen molar-refractivity contribution in [3.05, 3.63) is 0 Å². The van der Waals surface area contributed by atoms with Crippen LogP contribution in [-0.4, -0.2) is 42.6 Å². The van der Waals surface area contributed by atoms with Crippen molar-refractivity contribution in [2.75, 3.05) is 31.6 Å². The predicted octanol–water partition coefficient (Wildman–Crippen LogP) is 2.27. The molecule has 0 spiro atoms. The topological polar surface area (TPSA) is 12.5 Å². The Hall–Kier alpha value is 0.400. The molecule has 0 aromatic rings. The summed E-state index contributed by atoms with van der Waals surface area (Å²) in [6, 6.07) is 0.615. The van der Waals surface area contributed by atoms with Crippen molar-refractivity contribution in [1.82, 2.24) is 4.90 Å². The SMILES string of the molecule is BrCC1COCCN1CC1CCCC1. The van der Waals surface area contributed by atoms with Crippen LogP contribution in [0.25, 0.3) is 0 Å². The van der Waals surface area contributed by atoms with E-state index in [1.54, 1.807) is 0 Å². The lowest BCUT2D eigenvalue weighted by atomic mass is 10.1. The first kappa shape index (κ1) is 10.9. The van der Waals surface area contributed by atoms with Crippen LogP contribution in [0.4, 0.5) is 0 Å². The van der Waals surface area contributed by atoms with E-state index in [1.807, 2.05) is 0 Å². The van der Waals surface area contributed by atoms with Gasteiger partial charge in [0.2, 0.25) is 0 Å². The maximum Gasteiger partial charge on any atom is 0.0630 e. The molecule has 1 heterocycles. The van der Waals surface area contributed by atoms with E-state index < -0.39 is 0 Å². The first-order chi connectivity index (χ1) is 6.90. The van der Waals surface area contributed by atoms with Crippen LogP contribution in [0.5, 0.6) is 0 Å². The second-order valence-corrected chi connectivity index (χ2v) is 5.18. The molecule has 82 valence electrons. The Bertz CT molecular complexity index is 171. The van der Waals surface area contributed by atoms with Gasteiger partial charge in [0.25, 0.3) is 0 Å². The molecule has 1 aliphatic heterocycles. The van der Waals surface area contributed by atoms with E-state index in [9.17, 15) is 0 Å². The molecule has 2 nitrogen and oxygen atoms in total. The predicted molar refractivity (Wildman–Crippen MR) is 61.9 cm³/mol. The lowest BCUT2D eigenvalue weighted by Gasteiger charge is -2.36. The fourth-order valence-electron chi connectivity index (χ4n) is 2.60. The van der Waals surface area contributed by atoms with Crippen LogP contribution in [0.15, 0.2) is 0 Å². The molecule has 0 aromatic carbocycles. The van der Waals surface area contributed by atoms with Gasteiger partial charge in [0.05, 0.1) is 13.2 Å². The molecule has 1 aliphatic carbocycles. The van der Waals surface area contributed by atoms with Crippen LogP contribution in [0.2, 0.25) is 0 Å². The van der Waals surface area contributed by atoms with Gasteiger partial charge in [-0.2, -0.15) is 0 Å². The minimum absolute atomic E-state index is 0.615. The fraction of sp³-hybridized carbons (Fsp3) is 1.00. The zero-order chi connectivity index (χ0) is 9.80. The third-order valence-electron chi connectivity index (χ3n) is 3.50. The Morgan fingerprint density at radius 2 is 2.07 bits per heavy atom. The zero-order valence-corrected chi connectivity index (χ0v) is 10.3. The van der Waals surface area contributed by atoms with Crippen molar-refractivity contribution in [2.24, 2.45) is 5.92 Å². The normalized spacial score (nSPS) is 31.1. The van der Waals surface area contributed by atoms with Crippen molar-refractivity contribution in [1.29, 1.82) is 0 Å². The first-order valence-electron chi connectivity index (χ1n) is 5.78. The fourth-order valence-corrected chi connectivity index (χ4v) is 3.19. The minimum atomic E-state index is 0.615. The monoisotopic (exact) mass is 261 g/mol. The Morgan fingerprint density at radius 3 is 2.79 bits per heavy atom. The van der Waals surface area contributed by atoms with Crippen LogP contribution in [0.3, 0.4) is 0 Å². The van der Waals surface area contributed by atoms with Crippen molar-refractivity contribution < 1.29 is 4.74 Å². The molecule has 0 amide bonds. The maximum atomic E-state index is 5.50. The smallest absolute Gasteiger partial charge is 0.0630 e. The number of morpholine rings is 1. The molecule has 0 bridgehead atoms. The molecule has 1 saturated carbocycles. The van der Waals surface area contributed by atoms with E-state index >= 15 is 0 Å². The summed E-state index contributed by atoms with van der Waals surface area (Å²) >= 11 is 3.58. The van der Waals surface area contributed by atoms with Crippen molar-refractivity contribution in [2.45, 2.75) is 31.7 Å². The number of halogens is 1. The minimum Gasteiger partial charge on any atom is -0.378 e. The summed E-state index contributed by atoms with van der Waals surface area (Å²) in [4.78, 5) is 2.62.